The standard InChI is InChI=1S/C25H36N6O3/c1-19-4-5-23(29(2)3)21(16-19)25(28-26)22-17-20(31-9-13-33-14-10-31)18-24(27-22)34-15-8-30-6-11-32-12-7-30/h4-5,16-18H,6-15,26H2,1-3H3. The summed E-state index contributed by atoms with van der Waals surface area (Å²) in [7, 11) is 4.03. The molecule has 2 N–H and O–H groups in total. The third kappa shape index (κ3) is 5.97. The Balaban J connectivity index is 1.64. The van der Waals surface area contributed by atoms with E-state index in [0.29, 0.717) is 37.1 Å². The van der Waals surface area contributed by atoms with Gasteiger partial charge in [-0.25, -0.2) is 4.98 Å². The molecule has 9 nitrogen and oxygen atoms in total. The van der Waals surface area contributed by atoms with Gasteiger partial charge in [0.15, 0.2) is 0 Å². The monoisotopic (exact) mass is 468 g/mol. The van der Waals surface area contributed by atoms with Crippen molar-refractivity contribution in [1.29, 1.82) is 0 Å². The van der Waals surface area contributed by atoms with E-state index in [0.717, 1.165) is 68.4 Å². The van der Waals surface area contributed by atoms with Crippen LogP contribution in [0.3, 0.4) is 0 Å². The SMILES string of the molecule is Cc1ccc(N(C)C)c(C(=NN)c2cc(N3CCOCC3)cc(OCCN3CCOCC3)n2)c1. The average Bonchev–Trinajstić information content (AvgIpc) is 2.85. The van der Waals surface area contributed by atoms with Crippen molar-refractivity contribution in [3.63, 3.8) is 0 Å². The first-order valence-corrected chi connectivity index (χ1v) is 11.9. The van der Waals surface area contributed by atoms with Crippen LogP contribution in [-0.4, -0.2) is 95.4 Å². The fourth-order valence-corrected chi connectivity index (χ4v) is 4.30. The van der Waals surface area contributed by atoms with Gasteiger partial charge in [0.05, 0.1) is 32.1 Å². The van der Waals surface area contributed by atoms with Gasteiger partial charge in [-0.05, 0) is 25.1 Å². The van der Waals surface area contributed by atoms with E-state index in [9.17, 15) is 0 Å². The summed E-state index contributed by atoms with van der Waals surface area (Å²) in [4.78, 5) is 11.5. The zero-order valence-electron chi connectivity index (χ0n) is 20.5. The molecular weight excluding hydrogens is 432 g/mol. The van der Waals surface area contributed by atoms with Crippen LogP contribution in [0.15, 0.2) is 35.4 Å². The third-order valence-electron chi connectivity index (χ3n) is 6.18. The molecule has 0 unspecified atom stereocenters. The predicted octanol–water partition coefficient (Wildman–Crippen LogP) is 1.71. The number of anilines is 2. The highest BCUT2D eigenvalue weighted by molar-refractivity contribution is 6.15. The van der Waals surface area contributed by atoms with Crippen molar-refractivity contribution in [3.05, 3.63) is 47.2 Å². The Bertz CT molecular complexity index is 985. The summed E-state index contributed by atoms with van der Waals surface area (Å²) in [6.45, 7) is 9.90. The minimum absolute atomic E-state index is 0.557. The minimum atomic E-state index is 0.557. The number of hydrogen-bond acceptors (Lipinski definition) is 9. The number of rotatable bonds is 8. The van der Waals surface area contributed by atoms with Gasteiger partial charge >= 0.3 is 0 Å². The van der Waals surface area contributed by atoms with E-state index in [1.54, 1.807) is 0 Å². The molecule has 0 radical (unpaired) electrons. The molecule has 9 heteroatoms. The van der Waals surface area contributed by atoms with Gasteiger partial charge in [0.25, 0.3) is 0 Å². The van der Waals surface area contributed by atoms with Crippen molar-refractivity contribution in [3.8, 4) is 5.88 Å². The Morgan fingerprint density at radius 1 is 1.06 bits per heavy atom. The molecule has 2 aliphatic heterocycles. The van der Waals surface area contributed by atoms with Crippen LogP contribution in [0.2, 0.25) is 0 Å². The number of ether oxygens (including phenoxy) is 3. The van der Waals surface area contributed by atoms with Crippen LogP contribution in [0.4, 0.5) is 11.4 Å². The van der Waals surface area contributed by atoms with Crippen LogP contribution in [-0.2, 0) is 9.47 Å². The van der Waals surface area contributed by atoms with Crippen molar-refractivity contribution in [2.24, 2.45) is 10.9 Å². The zero-order chi connectivity index (χ0) is 23.9. The lowest BCUT2D eigenvalue weighted by Gasteiger charge is -2.29. The minimum Gasteiger partial charge on any atom is -0.476 e. The van der Waals surface area contributed by atoms with Gasteiger partial charge in [0.1, 0.15) is 12.3 Å². The summed E-state index contributed by atoms with van der Waals surface area (Å²) in [5.41, 5.74) is 5.48. The molecule has 2 fully saturated rings. The highest BCUT2D eigenvalue weighted by Crippen LogP contribution is 2.28. The maximum absolute atomic E-state index is 6.16. The molecule has 3 heterocycles. The highest BCUT2D eigenvalue weighted by Gasteiger charge is 2.20. The summed E-state index contributed by atoms with van der Waals surface area (Å²) in [6.07, 6.45) is 0. The van der Waals surface area contributed by atoms with Crippen LogP contribution < -0.4 is 20.4 Å². The largest absolute Gasteiger partial charge is 0.476 e. The van der Waals surface area contributed by atoms with Gasteiger partial charge in [-0.3, -0.25) is 4.90 Å². The Hall–Kier alpha value is -2.88. The molecule has 0 saturated carbocycles. The summed E-state index contributed by atoms with van der Waals surface area (Å²) in [6, 6.07) is 10.3. The summed E-state index contributed by atoms with van der Waals surface area (Å²) in [5.74, 6) is 6.55. The Morgan fingerprint density at radius 2 is 1.76 bits per heavy atom. The first kappa shape index (κ1) is 24.3. The number of aryl methyl sites for hydroxylation is 1. The second kappa shape index (κ2) is 11.5. The maximum atomic E-state index is 6.16. The molecular formula is C25H36N6O3. The van der Waals surface area contributed by atoms with E-state index in [2.05, 4.69) is 44.9 Å². The molecule has 1 aromatic heterocycles. The van der Waals surface area contributed by atoms with E-state index in [1.165, 1.54) is 0 Å². The number of benzene rings is 1. The third-order valence-corrected chi connectivity index (χ3v) is 6.18. The lowest BCUT2D eigenvalue weighted by atomic mass is 10.0. The molecule has 0 spiro atoms. The first-order valence-electron chi connectivity index (χ1n) is 11.9. The molecule has 0 bridgehead atoms. The molecule has 2 aromatic rings. The fourth-order valence-electron chi connectivity index (χ4n) is 4.30. The molecule has 2 saturated heterocycles. The molecule has 4 rings (SSSR count). The predicted molar refractivity (Wildman–Crippen MR) is 135 cm³/mol. The lowest BCUT2D eigenvalue weighted by molar-refractivity contribution is 0.0320. The van der Waals surface area contributed by atoms with Crippen molar-refractivity contribution in [2.45, 2.75) is 6.92 Å². The van der Waals surface area contributed by atoms with Crippen molar-refractivity contribution in [2.75, 3.05) is 89.7 Å². The average molecular weight is 469 g/mol. The van der Waals surface area contributed by atoms with Crippen molar-refractivity contribution in [1.82, 2.24) is 9.88 Å². The Morgan fingerprint density at radius 3 is 2.44 bits per heavy atom. The Labute approximate surface area is 202 Å². The van der Waals surface area contributed by atoms with Gasteiger partial charge in [0.2, 0.25) is 5.88 Å². The molecule has 2 aliphatic rings. The highest BCUT2D eigenvalue weighted by atomic mass is 16.5. The van der Waals surface area contributed by atoms with Crippen LogP contribution in [0.1, 0.15) is 16.8 Å². The van der Waals surface area contributed by atoms with E-state index in [4.69, 9.17) is 25.0 Å². The van der Waals surface area contributed by atoms with Crippen LogP contribution >= 0.6 is 0 Å². The normalized spacial score (nSPS) is 17.6. The maximum Gasteiger partial charge on any atom is 0.215 e. The van der Waals surface area contributed by atoms with Gasteiger partial charge in [-0.15, -0.1) is 0 Å². The quantitative estimate of drug-likeness (QED) is 0.356. The summed E-state index contributed by atoms with van der Waals surface area (Å²) in [5, 5.41) is 4.20. The van der Waals surface area contributed by atoms with E-state index >= 15 is 0 Å². The summed E-state index contributed by atoms with van der Waals surface area (Å²) < 4.78 is 17.1. The van der Waals surface area contributed by atoms with Crippen molar-refractivity contribution < 1.29 is 14.2 Å². The fraction of sp³-hybridized carbons (Fsp3) is 0.520. The van der Waals surface area contributed by atoms with E-state index < -0.39 is 0 Å². The number of hydrogen-bond donors (Lipinski definition) is 1. The van der Waals surface area contributed by atoms with Crippen molar-refractivity contribution >= 4 is 17.1 Å². The van der Waals surface area contributed by atoms with Gasteiger partial charge in [-0.1, -0.05) is 11.6 Å². The first-order chi connectivity index (χ1) is 16.5. The number of aromatic nitrogens is 1. The zero-order valence-corrected chi connectivity index (χ0v) is 20.5. The number of nitrogens with zero attached hydrogens (tertiary/aromatic N) is 5. The number of morpholine rings is 2. The van der Waals surface area contributed by atoms with Crippen LogP contribution in [0.5, 0.6) is 5.88 Å². The Kier molecular flexibility index (Phi) is 8.21. The topological polar surface area (TPSA) is 88.7 Å². The molecule has 0 atom stereocenters. The smallest absolute Gasteiger partial charge is 0.215 e. The molecule has 0 aliphatic carbocycles. The van der Waals surface area contributed by atoms with E-state index in [-0.39, 0.29) is 0 Å². The van der Waals surface area contributed by atoms with Crippen LogP contribution in [0, 0.1) is 6.92 Å². The second-order valence-electron chi connectivity index (χ2n) is 8.84. The van der Waals surface area contributed by atoms with Crippen LogP contribution in [0.25, 0.3) is 0 Å². The molecule has 34 heavy (non-hydrogen) atoms. The number of pyridine rings is 1. The molecule has 184 valence electrons. The molecule has 0 amide bonds. The number of hydrazone groups is 1. The van der Waals surface area contributed by atoms with Gasteiger partial charge < -0.3 is 29.9 Å². The second-order valence-corrected chi connectivity index (χ2v) is 8.84. The van der Waals surface area contributed by atoms with E-state index in [1.807, 2.05) is 26.2 Å². The van der Waals surface area contributed by atoms with Gasteiger partial charge in [0, 0.05) is 69.8 Å². The van der Waals surface area contributed by atoms with Gasteiger partial charge in [-0.2, -0.15) is 5.10 Å². The number of nitrogens with two attached hydrogens (primary N) is 1. The summed E-state index contributed by atoms with van der Waals surface area (Å²) >= 11 is 0. The lowest BCUT2D eigenvalue weighted by Crippen LogP contribution is -2.38. The molecule has 1 aromatic carbocycles.